The van der Waals surface area contributed by atoms with Crippen molar-refractivity contribution in [1.29, 1.82) is 0 Å². The smallest absolute Gasteiger partial charge is 0.407 e. The van der Waals surface area contributed by atoms with Gasteiger partial charge in [0.25, 0.3) is 5.92 Å². The van der Waals surface area contributed by atoms with Crippen LogP contribution in [-0.2, 0) is 26.6 Å². The van der Waals surface area contributed by atoms with Crippen molar-refractivity contribution in [3.05, 3.63) is 88.9 Å². The summed E-state index contributed by atoms with van der Waals surface area (Å²) in [6.07, 6.45) is 7.99. The van der Waals surface area contributed by atoms with Crippen LogP contribution in [0.1, 0.15) is 70.4 Å². The molecular formula is C39H50ClF2N3O4S. The highest BCUT2D eigenvalue weighted by Crippen LogP contribution is 2.34. The minimum atomic E-state index is -3.37. The molecule has 2 fully saturated rings. The molecule has 0 radical (unpaired) electrons. The number of halogens is 3. The number of rotatable bonds is 12. The molecule has 3 aromatic carbocycles. The van der Waals surface area contributed by atoms with Crippen molar-refractivity contribution in [2.24, 2.45) is 0 Å². The second kappa shape index (κ2) is 19.0. The van der Waals surface area contributed by atoms with Crippen molar-refractivity contribution in [1.82, 2.24) is 14.9 Å². The molecule has 0 aromatic heterocycles. The van der Waals surface area contributed by atoms with E-state index in [2.05, 4.69) is 22.0 Å². The maximum Gasteiger partial charge on any atom is 0.407 e. The number of nitrogens with one attached hydrogen (secondary N) is 2. The van der Waals surface area contributed by atoms with Crippen LogP contribution in [-0.4, -0.2) is 67.8 Å². The average molecular weight is 730 g/mol. The Morgan fingerprint density at radius 2 is 1.52 bits per heavy atom. The number of likely N-dealkylation sites (tertiary alicyclic amines) is 1. The highest BCUT2D eigenvalue weighted by Gasteiger charge is 2.41. The zero-order valence-corrected chi connectivity index (χ0v) is 31.0. The van der Waals surface area contributed by atoms with Gasteiger partial charge in [-0.3, -0.25) is 0 Å². The van der Waals surface area contributed by atoms with Crippen molar-refractivity contribution in [3.63, 3.8) is 0 Å². The van der Waals surface area contributed by atoms with E-state index < -0.39 is 17.6 Å². The molecule has 1 amide bonds. The Morgan fingerprint density at radius 3 is 2.08 bits per heavy atom. The number of amides is 1. The molecule has 1 aliphatic heterocycles. The Labute approximate surface area is 305 Å². The van der Waals surface area contributed by atoms with Crippen LogP contribution >= 0.6 is 23.5 Å². The van der Waals surface area contributed by atoms with Gasteiger partial charge >= 0.3 is 6.09 Å². The van der Waals surface area contributed by atoms with Crippen LogP contribution in [0.5, 0.6) is 0 Å². The first-order valence-electron chi connectivity index (χ1n) is 17.3. The summed E-state index contributed by atoms with van der Waals surface area (Å²) in [6, 6.07) is 19.4. The number of ether oxygens (including phenoxy) is 2. The summed E-state index contributed by atoms with van der Waals surface area (Å²) in [6.45, 7) is 8.40. The fraction of sp³-hybridized carbons (Fsp3) is 0.487. The Bertz CT molecular complexity index is 1470. The maximum atomic E-state index is 15.1. The Kier molecular flexibility index (Phi) is 15.1. The number of nitrogens with zero attached hydrogens (tertiary/aromatic N) is 1. The Balaban J connectivity index is 0.000000314. The largest absolute Gasteiger partial charge is 0.444 e. The number of benzene rings is 3. The molecule has 1 heterocycles. The molecule has 50 heavy (non-hydrogen) atoms. The number of alkyl carbamates (subject to hydrolysis) is 1. The number of carbonyl (C=O) groups is 2. The third kappa shape index (κ3) is 12.9. The monoisotopic (exact) mass is 729 g/mol. The van der Waals surface area contributed by atoms with Gasteiger partial charge in [0.2, 0.25) is 0 Å². The highest BCUT2D eigenvalue weighted by atomic mass is 35.5. The predicted molar refractivity (Wildman–Crippen MR) is 198 cm³/mol. The van der Waals surface area contributed by atoms with E-state index in [-0.39, 0.29) is 24.0 Å². The van der Waals surface area contributed by atoms with Gasteiger partial charge in [0.15, 0.2) is 0 Å². The third-order valence-electron chi connectivity index (χ3n) is 8.69. The number of hydrogen-bond donors (Lipinski definition) is 2. The van der Waals surface area contributed by atoms with Crippen LogP contribution in [0, 0.1) is 0 Å². The molecule has 1 aliphatic carbocycles. The van der Waals surface area contributed by atoms with E-state index in [0.29, 0.717) is 17.7 Å². The molecule has 2 N–H and O–H groups in total. The molecule has 1 atom stereocenters. The zero-order valence-electron chi connectivity index (χ0n) is 29.4. The molecule has 1 unspecified atom stereocenters. The molecule has 1 saturated carbocycles. The quantitative estimate of drug-likeness (QED) is 0.142. The van der Waals surface area contributed by atoms with Gasteiger partial charge in [-0.05, 0) is 126 Å². The summed E-state index contributed by atoms with van der Waals surface area (Å²) < 4.78 is 43.9. The molecule has 7 nitrogen and oxygen atoms in total. The van der Waals surface area contributed by atoms with Crippen LogP contribution in [0.15, 0.2) is 77.7 Å². The molecule has 2 aliphatic rings. The fourth-order valence-corrected chi connectivity index (χ4v) is 6.64. The summed E-state index contributed by atoms with van der Waals surface area (Å²) in [5.74, 6) is -3.37. The SMILES string of the molecule is CN1CCC(NC(=O)OC(C)(C)C)CC1.O=CC(NSc1ccc(CCOC2CCCC2)cc1)C(F)(F)c1ccc(-c2ccc(Cl)cc2)cc1. The molecule has 0 spiro atoms. The predicted octanol–water partition coefficient (Wildman–Crippen LogP) is 9.07. The molecule has 5 rings (SSSR count). The van der Waals surface area contributed by atoms with Crippen molar-refractivity contribution >= 4 is 35.9 Å². The first-order valence-corrected chi connectivity index (χ1v) is 18.5. The zero-order chi connectivity index (χ0) is 36.1. The Hall–Kier alpha value is -3.02. The summed E-state index contributed by atoms with van der Waals surface area (Å²) >= 11 is 6.94. The summed E-state index contributed by atoms with van der Waals surface area (Å²) in [5, 5.41) is 3.52. The lowest BCUT2D eigenvalue weighted by atomic mass is 9.98. The number of aldehydes is 1. The maximum absolute atomic E-state index is 15.1. The van der Waals surface area contributed by atoms with Crippen LogP contribution < -0.4 is 10.0 Å². The second-order valence-corrected chi connectivity index (χ2v) is 15.3. The van der Waals surface area contributed by atoms with Crippen molar-refractivity contribution in [2.75, 3.05) is 26.7 Å². The standard InChI is InChI=1S/C28H28ClF2NO2S.C11H22N2O2/c29-24-13-9-22(10-14-24)21-7-11-23(12-8-21)28(30,31)27(19-33)32-35-26-15-5-20(6-16-26)17-18-34-25-3-1-2-4-25;1-11(2,3)15-10(14)12-9-5-7-13(4)8-6-9/h5-16,19,25,27,32H,1-4,17-18H2;9H,5-8H2,1-4H3,(H,12,14). The van der Waals surface area contributed by atoms with Crippen LogP contribution in [0.4, 0.5) is 13.6 Å². The van der Waals surface area contributed by atoms with E-state index in [1.165, 1.54) is 25.0 Å². The van der Waals surface area contributed by atoms with E-state index in [1.807, 2.05) is 57.2 Å². The van der Waals surface area contributed by atoms with Gasteiger partial charge in [0, 0.05) is 21.5 Å². The molecule has 272 valence electrons. The van der Waals surface area contributed by atoms with Gasteiger partial charge < -0.3 is 24.5 Å². The fourth-order valence-electron chi connectivity index (χ4n) is 5.78. The molecule has 11 heteroatoms. The number of hydrogen-bond acceptors (Lipinski definition) is 7. The van der Waals surface area contributed by atoms with Crippen LogP contribution in [0.25, 0.3) is 11.1 Å². The lowest BCUT2D eigenvalue weighted by molar-refractivity contribution is -0.119. The number of piperidine rings is 1. The summed E-state index contributed by atoms with van der Waals surface area (Å²) in [5.41, 5.74) is 2.16. The van der Waals surface area contributed by atoms with E-state index in [9.17, 15) is 9.59 Å². The summed E-state index contributed by atoms with van der Waals surface area (Å²) in [4.78, 5) is 26.1. The lowest BCUT2D eigenvalue weighted by Crippen LogP contribution is -2.45. The van der Waals surface area contributed by atoms with Gasteiger partial charge in [-0.25, -0.2) is 9.52 Å². The molecular weight excluding hydrogens is 680 g/mol. The minimum absolute atomic E-state index is 0.224. The summed E-state index contributed by atoms with van der Waals surface area (Å²) in [7, 11) is 2.10. The van der Waals surface area contributed by atoms with Crippen molar-refractivity contribution < 1.29 is 27.8 Å². The van der Waals surface area contributed by atoms with E-state index in [1.54, 1.807) is 24.3 Å². The number of carbonyl (C=O) groups excluding carboxylic acids is 2. The van der Waals surface area contributed by atoms with Crippen LogP contribution in [0.3, 0.4) is 0 Å². The van der Waals surface area contributed by atoms with Gasteiger partial charge in [0.05, 0.1) is 12.7 Å². The van der Waals surface area contributed by atoms with Crippen molar-refractivity contribution in [2.45, 2.75) is 100 Å². The topological polar surface area (TPSA) is 79.9 Å². The van der Waals surface area contributed by atoms with Gasteiger partial charge in [0.1, 0.15) is 17.9 Å². The van der Waals surface area contributed by atoms with E-state index in [0.717, 1.165) is 78.7 Å². The van der Waals surface area contributed by atoms with E-state index in [4.69, 9.17) is 21.1 Å². The van der Waals surface area contributed by atoms with Gasteiger partial charge in [-0.2, -0.15) is 8.78 Å². The first-order chi connectivity index (χ1) is 23.8. The minimum Gasteiger partial charge on any atom is -0.444 e. The third-order valence-corrected chi connectivity index (χ3v) is 9.82. The normalized spacial score (nSPS) is 16.7. The Morgan fingerprint density at radius 1 is 0.940 bits per heavy atom. The highest BCUT2D eigenvalue weighted by molar-refractivity contribution is 7.97. The first kappa shape index (κ1) is 39.8. The van der Waals surface area contributed by atoms with Crippen molar-refractivity contribution in [3.8, 4) is 11.1 Å². The number of alkyl halides is 2. The molecule has 0 bridgehead atoms. The van der Waals surface area contributed by atoms with Gasteiger partial charge in [-0.15, -0.1) is 0 Å². The van der Waals surface area contributed by atoms with Gasteiger partial charge in [-0.1, -0.05) is 73.0 Å². The average Bonchev–Trinajstić information content (AvgIpc) is 3.60. The molecule has 3 aromatic rings. The molecule has 1 saturated heterocycles. The second-order valence-electron chi connectivity index (χ2n) is 13.9. The van der Waals surface area contributed by atoms with E-state index >= 15 is 8.78 Å². The van der Waals surface area contributed by atoms with Crippen LogP contribution in [0.2, 0.25) is 5.02 Å². The lowest BCUT2D eigenvalue weighted by Gasteiger charge is -2.30.